The normalized spacial score (nSPS) is 11.6. The highest BCUT2D eigenvalue weighted by Gasteiger charge is 2.32. The van der Waals surface area contributed by atoms with E-state index in [2.05, 4.69) is 4.98 Å². The van der Waals surface area contributed by atoms with Crippen molar-refractivity contribution in [2.75, 3.05) is 13.2 Å². The number of rotatable bonds is 6. The van der Waals surface area contributed by atoms with E-state index < -0.39 is 13.2 Å². The monoisotopic (exact) mass is 423 g/mol. The van der Waals surface area contributed by atoms with Gasteiger partial charge in [-0.2, -0.15) is 5.26 Å². The molecule has 0 N–H and O–H groups in total. The Hall–Kier alpha value is -2.01. The van der Waals surface area contributed by atoms with Crippen LogP contribution in [-0.4, -0.2) is 22.6 Å². The first-order valence-electron chi connectivity index (χ1n) is 8.05. The predicted molar refractivity (Wildman–Crippen MR) is 105 cm³/mol. The number of halogens is 1. The maximum absolute atomic E-state index is 13.1. The van der Waals surface area contributed by atoms with E-state index in [0.717, 1.165) is 15.7 Å². The summed E-state index contributed by atoms with van der Waals surface area (Å²) in [6.07, 6.45) is 0. The minimum absolute atomic E-state index is 0.0610. The average molecular weight is 424 g/mol. The fourth-order valence-electron chi connectivity index (χ4n) is 2.59. The third-order valence-corrected chi connectivity index (χ3v) is 7.09. The molecule has 3 rings (SSSR count). The largest absolute Gasteiger partial charge is 0.378 e. The Balaban J connectivity index is 2.34. The van der Waals surface area contributed by atoms with E-state index in [1.807, 2.05) is 6.07 Å². The van der Waals surface area contributed by atoms with Crippen LogP contribution in [0.3, 0.4) is 0 Å². The molecule has 3 aromatic rings. The summed E-state index contributed by atoms with van der Waals surface area (Å²) in [5.41, 5.74) is -0.119. The van der Waals surface area contributed by atoms with Crippen molar-refractivity contribution >= 4 is 40.9 Å². The molecule has 1 aromatic carbocycles. The predicted octanol–water partition coefficient (Wildman–Crippen LogP) is 3.84. The van der Waals surface area contributed by atoms with Crippen LogP contribution in [0, 0.1) is 11.3 Å². The number of aromatic nitrogens is 2. The molecule has 0 radical (unpaired) electrons. The van der Waals surface area contributed by atoms with Gasteiger partial charge in [-0.15, -0.1) is 11.3 Å². The van der Waals surface area contributed by atoms with Crippen LogP contribution < -0.4 is 11.0 Å². The number of fused-ring (bicyclic) bond motifs is 1. The van der Waals surface area contributed by atoms with Gasteiger partial charge in [0.05, 0.1) is 23.9 Å². The van der Waals surface area contributed by atoms with Crippen LogP contribution in [0.5, 0.6) is 0 Å². The Bertz CT molecular complexity index is 1140. The number of benzene rings is 1. The Morgan fingerprint density at radius 1 is 1.30 bits per heavy atom. The van der Waals surface area contributed by atoms with Gasteiger partial charge in [-0.05, 0) is 19.9 Å². The summed E-state index contributed by atoms with van der Waals surface area (Å²) in [7, 11) is -3.73. The number of nitriles is 1. The number of thiazole rings is 1. The molecule has 0 saturated heterocycles. The second-order valence-electron chi connectivity index (χ2n) is 5.28. The van der Waals surface area contributed by atoms with E-state index in [9.17, 15) is 14.6 Å². The number of hydrogen-bond donors (Lipinski definition) is 0. The molecule has 0 fully saturated rings. The van der Waals surface area contributed by atoms with Crippen LogP contribution >= 0.6 is 30.5 Å². The lowest BCUT2D eigenvalue weighted by Gasteiger charge is -2.16. The summed E-state index contributed by atoms with van der Waals surface area (Å²) in [4.78, 5) is 17.7. The molecule has 2 heterocycles. The zero-order valence-corrected chi connectivity index (χ0v) is 17.0. The SMILES string of the molecule is CCOP(=O)(OCC)c1csc2nc(-c3ccccc3Cl)c(C#N)c(=O)n12. The molecule has 0 aliphatic carbocycles. The first kappa shape index (κ1) is 19.7. The molecule has 27 heavy (non-hydrogen) atoms. The van der Waals surface area contributed by atoms with E-state index in [4.69, 9.17) is 20.6 Å². The average Bonchev–Trinajstić information content (AvgIpc) is 3.07. The second-order valence-corrected chi connectivity index (χ2v) is 8.49. The second kappa shape index (κ2) is 7.93. The van der Waals surface area contributed by atoms with E-state index >= 15 is 0 Å². The first-order valence-corrected chi connectivity index (χ1v) is 10.9. The Morgan fingerprint density at radius 2 is 1.96 bits per heavy atom. The zero-order chi connectivity index (χ0) is 19.6. The summed E-state index contributed by atoms with van der Waals surface area (Å²) >= 11 is 7.32. The Labute approximate surface area is 164 Å². The van der Waals surface area contributed by atoms with Crippen molar-refractivity contribution in [1.82, 2.24) is 9.38 Å². The summed E-state index contributed by atoms with van der Waals surface area (Å²) < 4.78 is 24.9. The molecule has 0 amide bonds. The van der Waals surface area contributed by atoms with Crippen molar-refractivity contribution in [2.45, 2.75) is 13.8 Å². The highest BCUT2D eigenvalue weighted by atomic mass is 35.5. The van der Waals surface area contributed by atoms with Crippen molar-refractivity contribution in [3.8, 4) is 17.3 Å². The van der Waals surface area contributed by atoms with E-state index in [1.54, 1.807) is 38.1 Å². The van der Waals surface area contributed by atoms with Gasteiger partial charge in [0.15, 0.2) is 10.4 Å². The molecular weight excluding hydrogens is 409 g/mol. The van der Waals surface area contributed by atoms with Gasteiger partial charge in [0, 0.05) is 10.9 Å². The van der Waals surface area contributed by atoms with Gasteiger partial charge in [-0.25, -0.2) is 9.38 Å². The summed E-state index contributed by atoms with van der Waals surface area (Å²) in [6.45, 7) is 3.63. The van der Waals surface area contributed by atoms with Crippen LogP contribution in [0.1, 0.15) is 19.4 Å². The smallest absolute Gasteiger partial charge is 0.304 e. The molecule has 0 saturated carbocycles. The fraction of sp³-hybridized carbons (Fsp3) is 0.235. The van der Waals surface area contributed by atoms with Crippen molar-refractivity contribution in [3.63, 3.8) is 0 Å². The molecule has 140 valence electrons. The molecule has 0 aliphatic rings. The van der Waals surface area contributed by atoms with Crippen LogP contribution in [0.15, 0.2) is 34.4 Å². The standard InChI is InChI=1S/C17H15ClN3O4PS/c1-3-24-26(23,25-4-2)14-10-27-17-20-15(11-7-5-6-8-13(11)18)12(9-19)16(22)21(14)17/h5-8,10H,3-4H2,1-2H3. The number of hydrogen-bond acceptors (Lipinski definition) is 7. The minimum Gasteiger partial charge on any atom is -0.304 e. The van der Waals surface area contributed by atoms with Gasteiger partial charge in [0.1, 0.15) is 11.6 Å². The van der Waals surface area contributed by atoms with Crippen molar-refractivity contribution in [1.29, 1.82) is 5.26 Å². The molecular formula is C17H15ClN3O4PS. The fourth-order valence-corrected chi connectivity index (χ4v) is 5.75. The molecule has 0 spiro atoms. The highest BCUT2D eigenvalue weighted by Crippen LogP contribution is 2.47. The van der Waals surface area contributed by atoms with Gasteiger partial charge in [0.25, 0.3) is 5.56 Å². The topological polar surface area (TPSA) is 93.7 Å². The van der Waals surface area contributed by atoms with E-state index in [1.165, 1.54) is 5.38 Å². The molecule has 2 aromatic heterocycles. The third kappa shape index (κ3) is 3.45. The van der Waals surface area contributed by atoms with Crippen molar-refractivity contribution < 1.29 is 13.6 Å². The van der Waals surface area contributed by atoms with Crippen LogP contribution in [0.25, 0.3) is 16.2 Å². The summed E-state index contributed by atoms with van der Waals surface area (Å²) in [5, 5.41) is 11.5. The Morgan fingerprint density at radius 3 is 2.56 bits per heavy atom. The molecule has 10 heteroatoms. The maximum Gasteiger partial charge on any atom is 0.378 e. The van der Waals surface area contributed by atoms with Gasteiger partial charge in [0.2, 0.25) is 0 Å². The summed E-state index contributed by atoms with van der Waals surface area (Å²) in [5.74, 6) is 0. The van der Waals surface area contributed by atoms with Gasteiger partial charge >= 0.3 is 7.60 Å². The third-order valence-electron chi connectivity index (χ3n) is 3.67. The van der Waals surface area contributed by atoms with Crippen molar-refractivity contribution in [3.05, 3.63) is 50.6 Å². The molecule has 0 unspecified atom stereocenters. The van der Waals surface area contributed by atoms with Gasteiger partial charge < -0.3 is 9.05 Å². The van der Waals surface area contributed by atoms with Gasteiger partial charge in [-0.1, -0.05) is 29.8 Å². The van der Waals surface area contributed by atoms with Crippen LogP contribution in [0.2, 0.25) is 5.02 Å². The van der Waals surface area contributed by atoms with Crippen molar-refractivity contribution in [2.24, 2.45) is 0 Å². The van der Waals surface area contributed by atoms with E-state index in [0.29, 0.717) is 10.6 Å². The molecule has 0 aliphatic heterocycles. The van der Waals surface area contributed by atoms with Crippen LogP contribution in [-0.2, 0) is 13.6 Å². The zero-order valence-electron chi connectivity index (χ0n) is 14.5. The maximum atomic E-state index is 13.1. The molecule has 7 nitrogen and oxygen atoms in total. The van der Waals surface area contributed by atoms with Gasteiger partial charge in [-0.3, -0.25) is 9.36 Å². The molecule has 0 atom stereocenters. The Kier molecular flexibility index (Phi) is 5.80. The quantitative estimate of drug-likeness (QED) is 0.559. The minimum atomic E-state index is -3.73. The summed E-state index contributed by atoms with van der Waals surface area (Å²) in [6, 6.07) is 8.71. The lowest BCUT2D eigenvalue weighted by molar-refractivity contribution is 0.229. The lowest BCUT2D eigenvalue weighted by Crippen LogP contribution is -2.28. The van der Waals surface area contributed by atoms with E-state index in [-0.39, 0.29) is 34.9 Å². The first-order chi connectivity index (χ1) is 13.0. The molecule has 0 bridgehead atoms. The highest BCUT2D eigenvalue weighted by molar-refractivity contribution is 7.62. The lowest BCUT2D eigenvalue weighted by atomic mass is 10.1. The van der Waals surface area contributed by atoms with Crippen LogP contribution in [0.4, 0.5) is 0 Å². The number of nitrogens with zero attached hydrogens (tertiary/aromatic N) is 3.